The summed E-state index contributed by atoms with van der Waals surface area (Å²) in [5, 5.41) is 5.26. The van der Waals surface area contributed by atoms with Gasteiger partial charge in [-0.1, -0.05) is 6.07 Å². The molecule has 1 N–H and O–H groups in total. The standard InChI is InChI=1S/C17H13N3O3S/c1-10-3-2-6-18-15(10)20-16(21)12-8-24-17(19-12)11-4-5-13-14(7-11)23-9-22-13/h2-8H,9H2,1H3,(H,18,20,21). The third-order valence-electron chi connectivity index (χ3n) is 3.60. The highest BCUT2D eigenvalue weighted by molar-refractivity contribution is 7.13. The first-order chi connectivity index (χ1) is 11.7. The highest BCUT2D eigenvalue weighted by Gasteiger charge is 2.17. The molecule has 3 heterocycles. The van der Waals surface area contributed by atoms with Crippen LogP contribution in [0.4, 0.5) is 5.82 Å². The summed E-state index contributed by atoms with van der Waals surface area (Å²) in [5.74, 6) is 1.68. The average Bonchev–Trinajstić information content (AvgIpc) is 3.25. The molecule has 0 saturated carbocycles. The second kappa shape index (κ2) is 5.93. The Morgan fingerprint density at radius 1 is 1.25 bits per heavy atom. The zero-order valence-electron chi connectivity index (χ0n) is 12.8. The van der Waals surface area contributed by atoms with Gasteiger partial charge in [0.15, 0.2) is 11.5 Å². The van der Waals surface area contributed by atoms with Gasteiger partial charge in [-0.05, 0) is 36.8 Å². The first-order valence-corrected chi connectivity index (χ1v) is 8.17. The molecule has 120 valence electrons. The van der Waals surface area contributed by atoms with Gasteiger partial charge in [-0.3, -0.25) is 4.79 Å². The molecule has 0 atom stereocenters. The van der Waals surface area contributed by atoms with E-state index >= 15 is 0 Å². The Kier molecular flexibility index (Phi) is 3.62. The van der Waals surface area contributed by atoms with Crippen LogP contribution in [0.2, 0.25) is 0 Å². The fraction of sp³-hybridized carbons (Fsp3) is 0.118. The molecule has 1 aliphatic heterocycles. The number of hydrogen-bond donors (Lipinski definition) is 1. The topological polar surface area (TPSA) is 73.3 Å². The molecule has 24 heavy (non-hydrogen) atoms. The fourth-order valence-corrected chi connectivity index (χ4v) is 3.13. The summed E-state index contributed by atoms with van der Waals surface area (Å²) in [6.45, 7) is 2.12. The summed E-state index contributed by atoms with van der Waals surface area (Å²) < 4.78 is 10.7. The van der Waals surface area contributed by atoms with Crippen LogP contribution in [0.3, 0.4) is 0 Å². The van der Waals surface area contributed by atoms with Crippen molar-refractivity contribution in [3.63, 3.8) is 0 Å². The van der Waals surface area contributed by atoms with Crippen molar-refractivity contribution in [3.8, 4) is 22.1 Å². The van der Waals surface area contributed by atoms with E-state index in [2.05, 4.69) is 15.3 Å². The van der Waals surface area contributed by atoms with Crippen LogP contribution in [0.15, 0.2) is 41.9 Å². The van der Waals surface area contributed by atoms with Crippen LogP contribution in [0.1, 0.15) is 16.1 Å². The first kappa shape index (κ1) is 14.6. The summed E-state index contributed by atoms with van der Waals surface area (Å²) in [4.78, 5) is 20.9. The van der Waals surface area contributed by atoms with E-state index in [0.29, 0.717) is 17.3 Å². The molecule has 0 aliphatic carbocycles. The lowest BCUT2D eigenvalue weighted by Crippen LogP contribution is -2.14. The van der Waals surface area contributed by atoms with Gasteiger partial charge in [0.2, 0.25) is 6.79 Å². The molecule has 4 rings (SSSR count). The Bertz CT molecular complexity index is 923. The van der Waals surface area contributed by atoms with E-state index in [0.717, 1.165) is 21.9 Å². The van der Waals surface area contributed by atoms with Crippen molar-refractivity contribution in [2.24, 2.45) is 0 Å². The average molecular weight is 339 g/mol. The maximum atomic E-state index is 12.3. The Labute approximate surface area is 142 Å². The Morgan fingerprint density at radius 2 is 2.12 bits per heavy atom. The van der Waals surface area contributed by atoms with E-state index in [9.17, 15) is 4.79 Å². The molecule has 0 spiro atoms. The summed E-state index contributed by atoms with van der Waals surface area (Å²) in [6, 6.07) is 9.33. The molecule has 0 bridgehead atoms. The second-order valence-corrected chi connectivity index (χ2v) is 6.09. The zero-order chi connectivity index (χ0) is 16.5. The molecular weight excluding hydrogens is 326 g/mol. The molecular formula is C17H13N3O3S. The van der Waals surface area contributed by atoms with Gasteiger partial charge in [-0.15, -0.1) is 11.3 Å². The summed E-state index contributed by atoms with van der Waals surface area (Å²) >= 11 is 1.40. The van der Waals surface area contributed by atoms with Crippen molar-refractivity contribution in [3.05, 3.63) is 53.2 Å². The van der Waals surface area contributed by atoms with Crippen LogP contribution in [0.25, 0.3) is 10.6 Å². The van der Waals surface area contributed by atoms with E-state index in [-0.39, 0.29) is 12.7 Å². The first-order valence-electron chi connectivity index (χ1n) is 7.29. The molecule has 6 nitrogen and oxygen atoms in total. The Hall–Kier alpha value is -2.93. The van der Waals surface area contributed by atoms with Gasteiger partial charge in [0.05, 0.1) is 0 Å². The summed E-state index contributed by atoms with van der Waals surface area (Å²) in [7, 11) is 0. The van der Waals surface area contributed by atoms with Gasteiger partial charge in [-0.25, -0.2) is 9.97 Å². The van der Waals surface area contributed by atoms with E-state index in [1.165, 1.54) is 11.3 Å². The monoisotopic (exact) mass is 339 g/mol. The van der Waals surface area contributed by atoms with E-state index in [1.54, 1.807) is 11.6 Å². The predicted octanol–water partition coefficient (Wildman–Crippen LogP) is 3.49. The molecule has 0 unspecified atom stereocenters. The Balaban J connectivity index is 1.56. The fourth-order valence-electron chi connectivity index (χ4n) is 2.33. The van der Waals surface area contributed by atoms with Crippen LogP contribution in [0, 0.1) is 6.92 Å². The molecule has 0 saturated heterocycles. The van der Waals surface area contributed by atoms with Gasteiger partial charge < -0.3 is 14.8 Å². The number of carbonyl (C=O) groups excluding carboxylic acids is 1. The number of amides is 1. The van der Waals surface area contributed by atoms with Crippen LogP contribution in [-0.2, 0) is 0 Å². The molecule has 0 fully saturated rings. The maximum Gasteiger partial charge on any atom is 0.276 e. The van der Waals surface area contributed by atoms with Crippen molar-refractivity contribution >= 4 is 23.1 Å². The number of benzene rings is 1. The second-order valence-electron chi connectivity index (χ2n) is 5.23. The number of carbonyl (C=O) groups is 1. The van der Waals surface area contributed by atoms with Crippen LogP contribution in [-0.4, -0.2) is 22.7 Å². The molecule has 3 aromatic rings. The zero-order valence-corrected chi connectivity index (χ0v) is 13.6. The van der Waals surface area contributed by atoms with Gasteiger partial charge in [0, 0.05) is 17.1 Å². The van der Waals surface area contributed by atoms with Gasteiger partial charge in [0.1, 0.15) is 16.5 Å². The van der Waals surface area contributed by atoms with Gasteiger partial charge in [-0.2, -0.15) is 0 Å². The molecule has 7 heteroatoms. The number of aromatic nitrogens is 2. The summed E-state index contributed by atoms with van der Waals surface area (Å²) in [6.07, 6.45) is 1.64. The minimum absolute atomic E-state index is 0.230. The lowest BCUT2D eigenvalue weighted by Gasteiger charge is -2.04. The number of fused-ring (bicyclic) bond motifs is 1. The number of hydrogen-bond acceptors (Lipinski definition) is 6. The summed E-state index contributed by atoms with van der Waals surface area (Å²) in [5.41, 5.74) is 2.15. The van der Waals surface area contributed by atoms with E-state index in [4.69, 9.17) is 9.47 Å². The van der Waals surface area contributed by atoms with E-state index < -0.39 is 0 Å². The number of rotatable bonds is 3. The number of thiazole rings is 1. The van der Waals surface area contributed by atoms with Crippen LogP contribution in [0.5, 0.6) is 11.5 Å². The molecule has 1 aromatic carbocycles. The highest BCUT2D eigenvalue weighted by atomic mass is 32.1. The maximum absolute atomic E-state index is 12.3. The third kappa shape index (κ3) is 2.69. The number of nitrogens with zero attached hydrogens (tertiary/aromatic N) is 2. The number of pyridine rings is 1. The smallest absolute Gasteiger partial charge is 0.276 e. The molecule has 0 radical (unpaired) electrons. The van der Waals surface area contributed by atoms with Crippen molar-refractivity contribution in [1.29, 1.82) is 0 Å². The SMILES string of the molecule is Cc1cccnc1NC(=O)c1csc(-c2ccc3c(c2)OCO3)n1. The lowest BCUT2D eigenvalue weighted by atomic mass is 10.2. The highest BCUT2D eigenvalue weighted by Crippen LogP contribution is 2.36. The van der Waals surface area contributed by atoms with Gasteiger partial charge in [0.25, 0.3) is 5.91 Å². The van der Waals surface area contributed by atoms with Crippen molar-refractivity contribution in [2.75, 3.05) is 12.1 Å². The normalized spacial score (nSPS) is 12.2. The van der Waals surface area contributed by atoms with Crippen molar-refractivity contribution < 1.29 is 14.3 Å². The quantitative estimate of drug-likeness (QED) is 0.791. The number of anilines is 1. The molecule has 1 aliphatic rings. The van der Waals surface area contributed by atoms with Crippen molar-refractivity contribution in [1.82, 2.24) is 9.97 Å². The molecule has 1 amide bonds. The number of aryl methyl sites for hydroxylation is 1. The minimum Gasteiger partial charge on any atom is -0.454 e. The minimum atomic E-state index is -0.278. The largest absolute Gasteiger partial charge is 0.454 e. The molecule has 2 aromatic heterocycles. The number of nitrogens with one attached hydrogen (secondary N) is 1. The predicted molar refractivity (Wildman–Crippen MR) is 90.6 cm³/mol. The third-order valence-corrected chi connectivity index (χ3v) is 4.49. The van der Waals surface area contributed by atoms with Crippen LogP contribution < -0.4 is 14.8 Å². The van der Waals surface area contributed by atoms with Crippen molar-refractivity contribution in [2.45, 2.75) is 6.92 Å². The van der Waals surface area contributed by atoms with E-state index in [1.807, 2.05) is 37.3 Å². The lowest BCUT2D eigenvalue weighted by molar-refractivity contribution is 0.102. The Morgan fingerprint density at radius 3 is 3.00 bits per heavy atom. The van der Waals surface area contributed by atoms with Gasteiger partial charge >= 0.3 is 0 Å². The number of ether oxygens (including phenoxy) is 2. The van der Waals surface area contributed by atoms with Crippen LogP contribution >= 0.6 is 11.3 Å².